The molecule has 0 bridgehead atoms. The van der Waals surface area contributed by atoms with E-state index in [9.17, 15) is 14.3 Å². The number of ether oxygens (including phenoxy) is 1. The number of aryl methyl sites for hydroxylation is 1. The summed E-state index contributed by atoms with van der Waals surface area (Å²) in [6.07, 6.45) is 1.41. The van der Waals surface area contributed by atoms with Crippen molar-refractivity contribution in [2.75, 3.05) is 0 Å². The van der Waals surface area contributed by atoms with Crippen molar-refractivity contribution in [3.05, 3.63) is 65.2 Å². The molecule has 2 aromatic heterocycles. The lowest BCUT2D eigenvalue weighted by Crippen LogP contribution is -2.06. The summed E-state index contributed by atoms with van der Waals surface area (Å²) in [6, 6.07) is 10.6. The molecule has 6 heteroatoms. The van der Waals surface area contributed by atoms with Gasteiger partial charge in [-0.05, 0) is 18.6 Å². The maximum atomic E-state index is 14.2. The van der Waals surface area contributed by atoms with E-state index in [1.807, 2.05) is 30.3 Å². The predicted octanol–water partition coefficient (Wildman–Crippen LogP) is 3.06. The van der Waals surface area contributed by atoms with Crippen molar-refractivity contribution in [2.24, 2.45) is 0 Å². The molecule has 3 rings (SSSR count). The molecule has 2 heterocycles. The number of fused-ring (bicyclic) bond motifs is 1. The zero-order valence-corrected chi connectivity index (χ0v) is 11.8. The molecular formula is C16H13FN2O3. The standard InChI is InChI=1S/C16H13FN2O3/c1-10-13(17)14-15(22-9-11-5-3-2-4-6-11)12(16(20)21)7-8-19(14)18-10/h2-8H,9H2,1H3,(H,20,21). The predicted molar refractivity (Wildman–Crippen MR) is 77.6 cm³/mol. The molecule has 0 aliphatic rings. The molecule has 1 aromatic carbocycles. The Morgan fingerprint density at radius 1 is 1.32 bits per heavy atom. The van der Waals surface area contributed by atoms with Crippen LogP contribution in [0, 0.1) is 12.7 Å². The lowest BCUT2D eigenvalue weighted by Gasteiger charge is -2.11. The van der Waals surface area contributed by atoms with Gasteiger partial charge in [-0.25, -0.2) is 13.7 Å². The Kier molecular flexibility index (Phi) is 3.50. The average Bonchev–Trinajstić information content (AvgIpc) is 2.81. The van der Waals surface area contributed by atoms with Crippen molar-refractivity contribution in [3.8, 4) is 5.75 Å². The Balaban J connectivity index is 2.08. The summed E-state index contributed by atoms with van der Waals surface area (Å²) < 4.78 is 21.1. The van der Waals surface area contributed by atoms with Gasteiger partial charge in [0.1, 0.15) is 17.7 Å². The van der Waals surface area contributed by atoms with Gasteiger partial charge in [-0.15, -0.1) is 0 Å². The fraction of sp³-hybridized carbons (Fsp3) is 0.125. The third-order valence-electron chi connectivity index (χ3n) is 3.31. The highest BCUT2D eigenvalue weighted by Gasteiger charge is 2.21. The largest absolute Gasteiger partial charge is 0.486 e. The molecule has 1 N–H and O–H groups in total. The number of carboxylic acid groups (broad SMARTS) is 1. The minimum absolute atomic E-state index is 0.0167. The van der Waals surface area contributed by atoms with Crippen LogP contribution in [0.1, 0.15) is 21.6 Å². The lowest BCUT2D eigenvalue weighted by atomic mass is 10.2. The van der Waals surface area contributed by atoms with Crippen LogP contribution in [-0.4, -0.2) is 20.7 Å². The van der Waals surface area contributed by atoms with Gasteiger partial charge in [0.15, 0.2) is 11.6 Å². The number of halogens is 1. The number of aromatic carboxylic acids is 1. The van der Waals surface area contributed by atoms with Gasteiger partial charge in [-0.1, -0.05) is 30.3 Å². The molecule has 0 spiro atoms. The first-order chi connectivity index (χ1) is 10.6. The zero-order chi connectivity index (χ0) is 15.7. The van der Waals surface area contributed by atoms with Crippen molar-refractivity contribution >= 4 is 11.5 Å². The van der Waals surface area contributed by atoms with E-state index < -0.39 is 11.8 Å². The van der Waals surface area contributed by atoms with Crippen molar-refractivity contribution < 1.29 is 19.0 Å². The minimum atomic E-state index is -1.18. The Labute approximate surface area is 125 Å². The zero-order valence-electron chi connectivity index (χ0n) is 11.8. The summed E-state index contributed by atoms with van der Waals surface area (Å²) in [5.74, 6) is -1.77. The summed E-state index contributed by atoms with van der Waals surface area (Å²) in [5, 5.41) is 13.3. The van der Waals surface area contributed by atoms with Crippen LogP contribution in [0.4, 0.5) is 4.39 Å². The number of hydrogen-bond acceptors (Lipinski definition) is 3. The summed E-state index contributed by atoms with van der Waals surface area (Å²) in [4.78, 5) is 11.4. The van der Waals surface area contributed by atoms with Crippen LogP contribution in [0.3, 0.4) is 0 Å². The lowest BCUT2D eigenvalue weighted by molar-refractivity contribution is 0.0692. The van der Waals surface area contributed by atoms with Gasteiger partial charge in [0.25, 0.3) is 0 Å². The maximum Gasteiger partial charge on any atom is 0.339 e. The Morgan fingerprint density at radius 2 is 2.05 bits per heavy atom. The van der Waals surface area contributed by atoms with E-state index in [1.54, 1.807) is 0 Å². The van der Waals surface area contributed by atoms with Crippen molar-refractivity contribution in [3.63, 3.8) is 0 Å². The van der Waals surface area contributed by atoms with Crippen molar-refractivity contribution in [1.82, 2.24) is 9.61 Å². The first kappa shape index (κ1) is 14.1. The van der Waals surface area contributed by atoms with Gasteiger partial charge < -0.3 is 9.84 Å². The second-order valence-corrected chi connectivity index (χ2v) is 4.83. The first-order valence-corrected chi connectivity index (χ1v) is 6.65. The van der Waals surface area contributed by atoms with Gasteiger partial charge in [-0.3, -0.25) is 0 Å². The van der Waals surface area contributed by atoms with Crippen molar-refractivity contribution in [2.45, 2.75) is 13.5 Å². The molecule has 0 fully saturated rings. The molecule has 0 aliphatic heterocycles. The Bertz CT molecular complexity index is 843. The fourth-order valence-electron chi connectivity index (χ4n) is 2.23. The summed E-state index contributed by atoms with van der Waals surface area (Å²) in [6.45, 7) is 1.66. The number of pyridine rings is 1. The van der Waals surface area contributed by atoms with E-state index in [-0.39, 0.29) is 29.1 Å². The molecule has 0 aliphatic carbocycles. The molecule has 0 radical (unpaired) electrons. The van der Waals surface area contributed by atoms with E-state index in [0.717, 1.165) is 5.56 Å². The van der Waals surface area contributed by atoms with Crippen LogP contribution >= 0.6 is 0 Å². The van der Waals surface area contributed by atoms with Gasteiger partial charge >= 0.3 is 5.97 Å². The number of carbonyl (C=O) groups is 1. The fourth-order valence-corrected chi connectivity index (χ4v) is 2.23. The number of nitrogens with zero attached hydrogens (tertiary/aromatic N) is 2. The topological polar surface area (TPSA) is 63.8 Å². The number of rotatable bonds is 4. The quantitative estimate of drug-likeness (QED) is 0.804. The number of hydrogen-bond donors (Lipinski definition) is 1. The second kappa shape index (κ2) is 5.48. The molecular weight excluding hydrogens is 287 g/mol. The molecule has 3 aromatic rings. The number of carboxylic acids is 1. The van der Waals surface area contributed by atoms with Crippen LogP contribution in [0.2, 0.25) is 0 Å². The van der Waals surface area contributed by atoms with E-state index in [2.05, 4.69) is 5.10 Å². The first-order valence-electron chi connectivity index (χ1n) is 6.65. The van der Waals surface area contributed by atoms with Crippen LogP contribution in [0.25, 0.3) is 5.52 Å². The van der Waals surface area contributed by atoms with Gasteiger partial charge in [0.05, 0.1) is 5.69 Å². The number of benzene rings is 1. The molecule has 0 saturated carbocycles. The normalized spacial score (nSPS) is 10.8. The maximum absolute atomic E-state index is 14.2. The van der Waals surface area contributed by atoms with E-state index >= 15 is 0 Å². The molecule has 0 saturated heterocycles. The van der Waals surface area contributed by atoms with Crippen LogP contribution in [-0.2, 0) is 6.61 Å². The SMILES string of the molecule is Cc1nn2ccc(C(=O)O)c(OCc3ccccc3)c2c1F. The Hall–Kier alpha value is -2.89. The molecule has 0 unspecified atom stereocenters. The van der Waals surface area contributed by atoms with E-state index in [1.165, 1.54) is 23.7 Å². The number of aromatic nitrogens is 2. The molecule has 22 heavy (non-hydrogen) atoms. The summed E-state index contributed by atoms with van der Waals surface area (Å²) in [5.41, 5.74) is 0.986. The summed E-state index contributed by atoms with van der Waals surface area (Å²) >= 11 is 0. The molecule has 112 valence electrons. The third kappa shape index (κ3) is 2.39. The highest BCUT2D eigenvalue weighted by molar-refractivity contribution is 5.94. The third-order valence-corrected chi connectivity index (χ3v) is 3.31. The smallest absolute Gasteiger partial charge is 0.339 e. The highest BCUT2D eigenvalue weighted by atomic mass is 19.1. The van der Waals surface area contributed by atoms with Crippen LogP contribution in [0.5, 0.6) is 5.75 Å². The minimum Gasteiger partial charge on any atom is -0.486 e. The van der Waals surface area contributed by atoms with Gasteiger partial charge in [0, 0.05) is 6.20 Å². The second-order valence-electron chi connectivity index (χ2n) is 4.83. The average molecular weight is 300 g/mol. The Morgan fingerprint density at radius 3 is 2.73 bits per heavy atom. The highest BCUT2D eigenvalue weighted by Crippen LogP contribution is 2.29. The van der Waals surface area contributed by atoms with Gasteiger partial charge in [-0.2, -0.15) is 5.10 Å². The van der Waals surface area contributed by atoms with E-state index in [4.69, 9.17) is 4.74 Å². The molecule has 0 atom stereocenters. The monoisotopic (exact) mass is 300 g/mol. The van der Waals surface area contributed by atoms with Crippen LogP contribution < -0.4 is 4.74 Å². The van der Waals surface area contributed by atoms with Crippen molar-refractivity contribution in [1.29, 1.82) is 0 Å². The molecule has 5 nitrogen and oxygen atoms in total. The molecule has 0 amide bonds. The van der Waals surface area contributed by atoms with Crippen LogP contribution in [0.15, 0.2) is 42.6 Å². The van der Waals surface area contributed by atoms with Gasteiger partial charge in [0.2, 0.25) is 0 Å². The van der Waals surface area contributed by atoms with E-state index in [0.29, 0.717) is 0 Å². The summed E-state index contributed by atoms with van der Waals surface area (Å²) in [7, 11) is 0.